The number of aliphatic carboxylic acids is 1. The number of carboxylic acids is 1. The van der Waals surface area contributed by atoms with Crippen LogP contribution in [0.3, 0.4) is 0 Å². The van der Waals surface area contributed by atoms with Gasteiger partial charge in [0.1, 0.15) is 18.2 Å². The first-order chi connectivity index (χ1) is 20.4. The number of rotatable bonds is 12. The van der Waals surface area contributed by atoms with E-state index in [1.54, 1.807) is 31.9 Å². The number of hydrogen-bond donors (Lipinski definition) is 2. The summed E-state index contributed by atoms with van der Waals surface area (Å²) in [6.07, 6.45) is 1.13. The molecule has 0 aromatic heterocycles. The zero-order chi connectivity index (χ0) is 31.5. The third kappa shape index (κ3) is 6.87. The number of benzene rings is 2. The molecule has 1 saturated heterocycles. The molecule has 43 heavy (non-hydrogen) atoms. The number of fused-ring (bicyclic) bond motifs is 1. The summed E-state index contributed by atoms with van der Waals surface area (Å²) in [6.45, 7) is 11.3. The van der Waals surface area contributed by atoms with E-state index >= 15 is 4.39 Å². The maximum Gasteiger partial charge on any atom is 0.329 e. The van der Waals surface area contributed by atoms with Gasteiger partial charge in [-0.15, -0.1) is 0 Å². The molecule has 0 saturated carbocycles. The molecule has 2 aliphatic rings. The maximum atomic E-state index is 15.6. The van der Waals surface area contributed by atoms with Gasteiger partial charge < -0.3 is 33.9 Å². The molecule has 4 rings (SSSR count). The van der Waals surface area contributed by atoms with E-state index in [9.17, 15) is 9.59 Å². The Labute approximate surface area is 252 Å². The minimum Gasteiger partial charge on any atom is -0.494 e. The van der Waals surface area contributed by atoms with Crippen LogP contribution in [0.1, 0.15) is 74.5 Å². The first kappa shape index (κ1) is 32.1. The molecule has 234 valence electrons. The van der Waals surface area contributed by atoms with Crippen molar-refractivity contribution in [1.29, 1.82) is 5.41 Å². The van der Waals surface area contributed by atoms with Gasteiger partial charge in [0, 0.05) is 30.8 Å². The van der Waals surface area contributed by atoms with Crippen LogP contribution in [-0.2, 0) is 21.5 Å². The Bertz CT molecular complexity index is 1380. The number of methoxy groups -OCH3 is 1. The van der Waals surface area contributed by atoms with Crippen LogP contribution < -0.4 is 19.1 Å². The second kappa shape index (κ2) is 13.2. The molecule has 2 N–H and O–H groups in total. The van der Waals surface area contributed by atoms with Gasteiger partial charge in [-0.1, -0.05) is 20.8 Å². The first-order valence-corrected chi connectivity index (χ1v) is 14.7. The van der Waals surface area contributed by atoms with Gasteiger partial charge in [-0.05, 0) is 55.9 Å². The number of anilines is 1. The van der Waals surface area contributed by atoms with Gasteiger partial charge in [-0.2, -0.15) is 0 Å². The van der Waals surface area contributed by atoms with Crippen molar-refractivity contribution in [3.8, 4) is 17.2 Å². The van der Waals surface area contributed by atoms with Crippen LogP contribution in [0.2, 0.25) is 0 Å². The molecular formula is C32H42FN3O7. The van der Waals surface area contributed by atoms with Crippen molar-refractivity contribution < 1.29 is 38.0 Å². The molecule has 0 unspecified atom stereocenters. The maximum absolute atomic E-state index is 15.6. The molecule has 0 spiro atoms. The van der Waals surface area contributed by atoms with Crippen molar-refractivity contribution in [2.75, 3.05) is 51.5 Å². The topological polar surface area (TPSA) is 122 Å². The van der Waals surface area contributed by atoms with E-state index in [0.717, 1.165) is 11.3 Å². The molecule has 11 heteroatoms. The van der Waals surface area contributed by atoms with Crippen LogP contribution in [0.15, 0.2) is 18.2 Å². The van der Waals surface area contributed by atoms with Crippen molar-refractivity contribution in [2.45, 2.75) is 65.5 Å². The van der Waals surface area contributed by atoms with E-state index in [1.165, 1.54) is 0 Å². The lowest BCUT2D eigenvalue weighted by Gasteiger charge is -2.36. The van der Waals surface area contributed by atoms with E-state index in [4.69, 9.17) is 29.5 Å². The lowest BCUT2D eigenvalue weighted by atomic mass is 9.84. The number of nitrogens with zero attached hydrogens (tertiary/aromatic N) is 2. The molecule has 2 aliphatic heterocycles. The van der Waals surface area contributed by atoms with Crippen LogP contribution in [-0.4, -0.2) is 80.3 Å². The Morgan fingerprint density at radius 1 is 1.07 bits per heavy atom. The van der Waals surface area contributed by atoms with Crippen molar-refractivity contribution in [1.82, 2.24) is 4.90 Å². The molecule has 0 aliphatic carbocycles. The van der Waals surface area contributed by atoms with E-state index in [0.29, 0.717) is 49.4 Å². The highest BCUT2D eigenvalue weighted by Crippen LogP contribution is 2.42. The summed E-state index contributed by atoms with van der Waals surface area (Å²) in [5.74, 6) is -0.975. The van der Waals surface area contributed by atoms with Crippen molar-refractivity contribution in [2.24, 2.45) is 0 Å². The van der Waals surface area contributed by atoms with Crippen molar-refractivity contribution >= 4 is 23.3 Å². The van der Waals surface area contributed by atoms with Gasteiger partial charge >= 0.3 is 5.97 Å². The normalized spacial score (nSPS) is 15.5. The van der Waals surface area contributed by atoms with Gasteiger partial charge in [-0.3, -0.25) is 10.2 Å². The van der Waals surface area contributed by atoms with Gasteiger partial charge in [0.15, 0.2) is 23.1 Å². The average molecular weight is 600 g/mol. The molecule has 2 aromatic carbocycles. The number of ketones is 1. The van der Waals surface area contributed by atoms with E-state index in [2.05, 4.69) is 25.7 Å². The van der Waals surface area contributed by atoms with Crippen LogP contribution >= 0.6 is 0 Å². The second-order valence-electron chi connectivity index (χ2n) is 11.8. The van der Waals surface area contributed by atoms with Crippen molar-refractivity contribution in [3.63, 3.8) is 0 Å². The summed E-state index contributed by atoms with van der Waals surface area (Å²) in [7, 11) is 1.61. The van der Waals surface area contributed by atoms with Crippen molar-refractivity contribution in [3.05, 3.63) is 46.3 Å². The molecular weight excluding hydrogens is 557 g/mol. The average Bonchev–Trinajstić information content (AvgIpc) is 3.27. The van der Waals surface area contributed by atoms with Crippen LogP contribution in [0.4, 0.5) is 10.1 Å². The predicted molar refractivity (Wildman–Crippen MR) is 161 cm³/mol. The van der Waals surface area contributed by atoms with E-state index in [-0.39, 0.29) is 66.5 Å². The third-order valence-electron chi connectivity index (χ3n) is 7.73. The summed E-state index contributed by atoms with van der Waals surface area (Å²) in [5, 5.41) is 17.7. The van der Waals surface area contributed by atoms with Gasteiger partial charge in [-0.25, -0.2) is 9.18 Å². The van der Waals surface area contributed by atoms with Gasteiger partial charge in [0.2, 0.25) is 0 Å². The fourth-order valence-corrected chi connectivity index (χ4v) is 5.66. The fourth-order valence-electron chi connectivity index (χ4n) is 5.66. The predicted octanol–water partition coefficient (Wildman–Crippen LogP) is 5.02. The zero-order valence-corrected chi connectivity index (χ0v) is 25.8. The SMILES string of the molecule is CCOc1cc2c(c(F)c1OCC)C(=N)N(CC(=O)c1cc(N3CCC(OCC(=O)O)CC3)c(OC)c(C(C)(C)C)c1)C2. The number of Topliss-reactive ketones (excluding diaryl/α,β-unsaturated/α-hetero) is 1. The Hall–Kier alpha value is -3.86. The largest absolute Gasteiger partial charge is 0.494 e. The molecule has 2 heterocycles. The zero-order valence-electron chi connectivity index (χ0n) is 25.8. The van der Waals surface area contributed by atoms with Crippen LogP contribution in [0.25, 0.3) is 0 Å². The summed E-state index contributed by atoms with van der Waals surface area (Å²) in [5.41, 5.74) is 2.47. The minimum absolute atomic E-state index is 0.0206. The Morgan fingerprint density at radius 2 is 1.74 bits per heavy atom. The summed E-state index contributed by atoms with van der Waals surface area (Å²) >= 11 is 0. The van der Waals surface area contributed by atoms with E-state index < -0.39 is 11.8 Å². The standard InChI is InChI=1S/C32H42FN3O7/c1-7-41-25-15-20-16-36(31(34)27(20)28(33)30(25)42-8-2)17-24(37)19-13-22(32(3,4)5)29(40-6)23(14-19)35-11-9-21(10-12-35)43-18-26(38)39/h13-15,21,34H,7-12,16-18H2,1-6H3,(H,38,39). The first-order valence-electron chi connectivity index (χ1n) is 14.7. The number of nitrogens with one attached hydrogen (secondary N) is 1. The highest BCUT2D eigenvalue weighted by molar-refractivity contribution is 6.06. The smallest absolute Gasteiger partial charge is 0.329 e. The number of carbonyl (C=O) groups excluding carboxylic acids is 1. The Balaban J connectivity index is 1.61. The lowest BCUT2D eigenvalue weighted by Crippen LogP contribution is -2.38. The molecule has 0 atom stereocenters. The number of carbonyl (C=O) groups is 2. The minimum atomic E-state index is -0.994. The highest BCUT2D eigenvalue weighted by atomic mass is 19.1. The summed E-state index contributed by atoms with van der Waals surface area (Å²) in [4.78, 5) is 28.4. The third-order valence-corrected chi connectivity index (χ3v) is 7.73. The number of carboxylic acid groups (broad SMARTS) is 1. The second-order valence-corrected chi connectivity index (χ2v) is 11.8. The molecule has 2 aromatic rings. The number of halogens is 1. The Morgan fingerprint density at radius 3 is 2.33 bits per heavy atom. The molecule has 0 bridgehead atoms. The number of piperidine rings is 1. The fraction of sp³-hybridized carbons (Fsp3) is 0.531. The Kier molecular flexibility index (Phi) is 9.84. The van der Waals surface area contributed by atoms with Gasteiger partial charge in [0.05, 0.1) is 44.2 Å². The molecule has 10 nitrogen and oxygen atoms in total. The van der Waals surface area contributed by atoms with Crippen LogP contribution in [0, 0.1) is 11.2 Å². The van der Waals surface area contributed by atoms with E-state index in [1.807, 2.05) is 12.1 Å². The number of amidine groups is 1. The highest BCUT2D eigenvalue weighted by Gasteiger charge is 2.34. The summed E-state index contributed by atoms with van der Waals surface area (Å²) in [6, 6.07) is 5.36. The molecule has 0 radical (unpaired) electrons. The lowest BCUT2D eigenvalue weighted by molar-refractivity contribution is -0.144. The van der Waals surface area contributed by atoms with Crippen LogP contribution in [0.5, 0.6) is 17.2 Å². The number of ether oxygens (including phenoxy) is 4. The quantitative estimate of drug-likeness (QED) is 0.324. The summed E-state index contributed by atoms with van der Waals surface area (Å²) < 4.78 is 38.1. The molecule has 0 amide bonds. The van der Waals surface area contributed by atoms with Gasteiger partial charge in [0.25, 0.3) is 0 Å². The molecule has 1 fully saturated rings. The monoisotopic (exact) mass is 599 g/mol. The number of hydrogen-bond acceptors (Lipinski definition) is 8.